The molecule has 32 heavy (non-hydrogen) atoms. The maximum absolute atomic E-state index is 6.04. The van der Waals surface area contributed by atoms with Crippen LogP contribution in [0, 0.1) is 18.8 Å². The van der Waals surface area contributed by atoms with E-state index in [1.165, 1.54) is 16.7 Å². The van der Waals surface area contributed by atoms with E-state index in [2.05, 4.69) is 65.8 Å². The zero-order valence-electron chi connectivity index (χ0n) is 19.4. The van der Waals surface area contributed by atoms with Crippen LogP contribution >= 0.6 is 11.8 Å². The van der Waals surface area contributed by atoms with Crippen LogP contribution in [0.5, 0.6) is 0 Å². The van der Waals surface area contributed by atoms with Crippen molar-refractivity contribution in [3.63, 3.8) is 0 Å². The van der Waals surface area contributed by atoms with Crippen molar-refractivity contribution >= 4 is 17.6 Å². The van der Waals surface area contributed by atoms with Crippen molar-refractivity contribution in [2.45, 2.75) is 58.0 Å². The summed E-state index contributed by atoms with van der Waals surface area (Å²) in [5.74, 6) is 8.46. The highest BCUT2D eigenvalue weighted by Gasteiger charge is 2.32. The van der Waals surface area contributed by atoms with Gasteiger partial charge in [-0.05, 0) is 70.0 Å². The molecule has 0 radical (unpaired) electrons. The third-order valence-electron chi connectivity index (χ3n) is 5.44. The third kappa shape index (κ3) is 4.69. The summed E-state index contributed by atoms with van der Waals surface area (Å²) < 4.78 is 2.08. The SMILES string of the molecule is CCn1nc(-c2ccccn2)c2c1NC(C)CSC2c1ccc(C#CC(C)(C)N)cc1C. The second kappa shape index (κ2) is 9.01. The minimum absolute atomic E-state index is 0.160. The molecule has 0 saturated carbocycles. The molecule has 5 nitrogen and oxygen atoms in total. The summed E-state index contributed by atoms with van der Waals surface area (Å²) in [5, 5.41) is 8.85. The van der Waals surface area contributed by atoms with Gasteiger partial charge in [-0.25, -0.2) is 4.68 Å². The Bertz CT molecular complexity index is 1160. The van der Waals surface area contributed by atoms with E-state index in [-0.39, 0.29) is 5.25 Å². The van der Waals surface area contributed by atoms with Crippen LogP contribution in [-0.4, -0.2) is 32.1 Å². The van der Waals surface area contributed by atoms with Crippen molar-refractivity contribution in [2.75, 3.05) is 11.1 Å². The lowest BCUT2D eigenvalue weighted by Crippen LogP contribution is -2.29. The summed E-state index contributed by atoms with van der Waals surface area (Å²) in [5.41, 5.74) is 12.1. The monoisotopic (exact) mass is 445 g/mol. The normalized spacial score (nSPS) is 18.2. The Morgan fingerprint density at radius 2 is 2.09 bits per heavy atom. The van der Waals surface area contributed by atoms with Crippen LogP contribution in [0.15, 0.2) is 42.6 Å². The van der Waals surface area contributed by atoms with E-state index in [0.29, 0.717) is 6.04 Å². The molecule has 3 aromatic rings. The van der Waals surface area contributed by atoms with E-state index in [1.807, 2.05) is 50.0 Å². The van der Waals surface area contributed by atoms with Gasteiger partial charge in [-0.15, -0.1) is 11.8 Å². The molecule has 0 bridgehead atoms. The summed E-state index contributed by atoms with van der Waals surface area (Å²) in [7, 11) is 0. The lowest BCUT2D eigenvalue weighted by atomic mass is 9.96. The Balaban J connectivity index is 1.85. The molecule has 0 fully saturated rings. The number of pyridine rings is 1. The number of hydrogen-bond donors (Lipinski definition) is 2. The van der Waals surface area contributed by atoms with Crippen LogP contribution in [0.25, 0.3) is 11.4 Å². The van der Waals surface area contributed by atoms with E-state index < -0.39 is 5.54 Å². The van der Waals surface area contributed by atoms with E-state index in [9.17, 15) is 0 Å². The van der Waals surface area contributed by atoms with Crippen molar-refractivity contribution in [1.82, 2.24) is 14.8 Å². The third-order valence-corrected chi connectivity index (χ3v) is 6.95. The van der Waals surface area contributed by atoms with E-state index in [0.717, 1.165) is 35.1 Å². The quantitative estimate of drug-likeness (QED) is 0.555. The number of hydrogen-bond acceptors (Lipinski definition) is 5. The van der Waals surface area contributed by atoms with Crippen LogP contribution < -0.4 is 11.1 Å². The Hall–Kier alpha value is -2.75. The van der Waals surface area contributed by atoms with Gasteiger partial charge in [0.15, 0.2) is 0 Å². The minimum Gasteiger partial charge on any atom is -0.367 e. The Labute approximate surface area is 195 Å². The number of rotatable bonds is 3. The van der Waals surface area contributed by atoms with Gasteiger partial charge in [0.05, 0.1) is 16.5 Å². The van der Waals surface area contributed by atoms with Crippen LogP contribution in [0.3, 0.4) is 0 Å². The van der Waals surface area contributed by atoms with Crippen molar-refractivity contribution < 1.29 is 0 Å². The van der Waals surface area contributed by atoms with Crippen LogP contribution in [0.4, 0.5) is 5.82 Å². The zero-order valence-corrected chi connectivity index (χ0v) is 20.3. The molecule has 0 spiro atoms. The van der Waals surface area contributed by atoms with E-state index in [4.69, 9.17) is 10.8 Å². The number of aromatic nitrogens is 3. The number of nitrogens with one attached hydrogen (secondary N) is 1. The van der Waals surface area contributed by atoms with Gasteiger partial charge >= 0.3 is 0 Å². The molecule has 2 aromatic heterocycles. The summed E-state index contributed by atoms with van der Waals surface area (Å²) in [6, 6.07) is 12.8. The lowest BCUT2D eigenvalue weighted by Gasteiger charge is -2.19. The van der Waals surface area contributed by atoms with Crippen molar-refractivity contribution in [3.8, 4) is 23.2 Å². The lowest BCUT2D eigenvalue weighted by molar-refractivity contribution is 0.660. The van der Waals surface area contributed by atoms with E-state index >= 15 is 0 Å². The molecule has 166 valence electrons. The van der Waals surface area contributed by atoms with Gasteiger partial charge in [0.1, 0.15) is 11.5 Å². The van der Waals surface area contributed by atoms with Crippen molar-refractivity contribution in [2.24, 2.45) is 5.73 Å². The Kier molecular flexibility index (Phi) is 6.32. The molecule has 0 amide bonds. The number of thioether (sulfide) groups is 1. The molecule has 4 rings (SSSR count). The minimum atomic E-state index is -0.507. The standard InChI is InChI=1S/C26H31N5S/c1-6-31-25-22(23(30-31)21-9-7-8-14-28-21)24(32-16-18(3)29-25)20-11-10-19(15-17(20)2)12-13-26(4,5)27/h7-11,14-15,18,24,29H,6,16,27H2,1-5H3. The number of fused-ring (bicyclic) bond motifs is 1. The van der Waals surface area contributed by atoms with Crippen LogP contribution in [-0.2, 0) is 6.54 Å². The van der Waals surface area contributed by atoms with Crippen LogP contribution in [0.2, 0.25) is 0 Å². The second-order valence-corrected chi connectivity index (χ2v) is 10.1. The summed E-state index contributed by atoms with van der Waals surface area (Å²) >= 11 is 1.96. The maximum atomic E-state index is 6.04. The summed E-state index contributed by atoms with van der Waals surface area (Å²) in [6.45, 7) is 11.2. The fraction of sp³-hybridized carbons (Fsp3) is 0.385. The molecule has 1 aliphatic heterocycles. The second-order valence-electron chi connectivity index (χ2n) is 8.94. The van der Waals surface area contributed by atoms with Gasteiger partial charge in [-0.2, -0.15) is 5.10 Å². The molecular weight excluding hydrogens is 414 g/mol. The molecule has 1 aromatic carbocycles. The largest absolute Gasteiger partial charge is 0.367 e. The van der Waals surface area contributed by atoms with E-state index in [1.54, 1.807) is 0 Å². The first kappa shape index (κ1) is 22.4. The summed E-state index contributed by atoms with van der Waals surface area (Å²) in [6.07, 6.45) is 1.83. The fourth-order valence-electron chi connectivity index (χ4n) is 3.92. The van der Waals surface area contributed by atoms with Gasteiger partial charge in [-0.1, -0.05) is 24.0 Å². The predicted octanol–water partition coefficient (Wildman–Crippen LogP) is 5.00. The molecule has 2 atom stereocenters. The molecule has 3 N–H and O–H groups in total. The number of benzene rings is 1. The molecule has 0 saturated heterocycles. The number of anilines is 1. The average Bonchev–Trinajstić information content (AvgIpc) is 3.02. The first-order chi connectivity index (χ1) is 15.3. The highest BCUT2D eigenvalue weighted by molar-refractivity contribution is 7.99. The number of nitrogens with two attached hydrogens (primary N) is 1. The highest BCUT2D eigenvalue weighted by Crippen LogP contribution is 2.47. The molecule has 3 heterocycles. The van der Waals surface area contributed by atoms with Gasteiger partial charge in [0.25, 0.3) is 0 Å². The van der Waals surface area contributed by atoms with Crippen molar-refractivity contribution in [3.05, 3.63) is 64.8 Å². The Morgan fingerprint density at radius 1 is 1.28 bits per heavy atom. The van der Waals surface area contributed by atoms with Gasteiger partial charge in [-0.3, -0.25) is 4.98 Å². The Morgan fingerprint density at radius 3 is 2.75 bits per heavy atom. The van der Waals surface area contributed by atoms with Gasteiger partial charge in [0.2, 0.25) is 0 Å². The average molecular weight is 446 g/mol. The first-order valence-electron chi connectivity index (χ1n) is 11.1. The summed E-state index contributed by atoms with van der Waals surface area (Å²) in [4.78, 5) is 4.62. The van der Waals surface area contributed by atoms with Gasteiger partial charge < -0.3 is 11.1 Å². The zero-order chi connectivity index (χ0) is 22.9. The van der Waals surface area contributed by atoms with Gasteiger partial charge in [0, 0.05) is 35.7 Å². The first-order valence-corrected chi connectivity index (χ1v) is 12.1. The highest BCUT2D eigenvalue weighted by atomic mass is 32.2. The maximum Gasteiger partial charge on any atom is 0.129 e. The predicted molar refractivity (Wildman–Crippen MR) is 135 cm³/mol. The van der Waals surface area contributed by atoms with Crippen LogP contribution in [0.1, 0.15) is 55.2 Å². The molecule has 0 aliphatic carbocycles. The number of aryl methyl sites for hydroxylation is 2. The molecular formula is C26H31N5S. The molecule has 1 aliphatic rings. The fourth-order valence-corrected chi connectivity index (χ4v) is 5.32. The topological polar surface area (TPSA) is 68.8 Å². The van der Waals surface area contributed by atoms with Crippen molar-refractivity contribution in [1.29, 1.82) is 0 Å². The number of nitrogens with zero attached hydrogens (tertiary/aromatic N) is 3. The molecule has 6 heteroatoms. The molecule has 2 unspecified atom stereocenters. The smallest absolute Gasteiger partial charge is 0.129 e.